The number of hydrogen-bond donors (Lipinski definition) is 0. The van der Waals surface area contributed by atoms with Crippen LogP contribution in [0.1, 0.15) is 16.0 Å². The van der Waals surface area contributed by atoms with Crippen LogP contribution in [-0.4, -0.2) is 0 Å². The topological polar surface area (TPSA) is 0 Å². The van der Waals surface area contributed by atoms with Crippen LogP contribution < -0.4 is 0 Å². The summed E-state index contributed by atoms with van der Waals surface area (Å²) >= 11 is 15.5. The predicted molar refractivity (Wildman–Crippen MR) is 78.2 cm³/mol. The Morgan fingerprint density at radius 3 is 2.47 bits per heavy atom. The molecule has 0 N–H and O–H groups in total. The van der Waals surface area contributed by atoms with Gasteiger partial charge in [0, 0.05) is 4.83 Å². The maximum atomic E-state index is 13.6. The molecule has 0 bridgehead atoms. The highest BCUT2D eigenvalue weighted by Gasteiger charge is 2.17. The summed E-state index contributed by atoms with van der Waals surface area (Å²) in [6.07, 6.45) is 0.281. The molecule has 2 rings (SSSR count). The van der Waals surface area contributed by atoms with Gasteiger partial charge in [-0.15, -0.1) is 0 Å². The minimum atomic E-state index is -0.852. The van der Waals surface area contributed by atoms with Crippen LogP contribution in [0.25, 0.3) is 0 Å². The first-order chi connectivity index (χ1) is 9.00. The summed E-state index contributed by atoms with van der Waals surface area (Å²) < 4.78 is 26.7. The van der Waals surface area contributed by atoms with Crippen LogP contribution in [0, 0.1) is 11.6 Å². The van der Waals surface area contributed by atoms with Crippen molar-refractivity contribution in [2.24, 2.45) is 0 Å². The SMILES string of the molecule is Fc1cccc(CC(Br)c2cccc(Cl)c2Cl)c1F. The highest BCUT2D eigenvalue weighted by Crippen LogP contribution is 2.36. The number of alkyl halides is 1. The number of halogens is 5. The molecule has 0 aliphatic heterocycles. The number of hydrogen-bond acceptors (Lipinski definition) is 0. The summed E-state index contributed by atoms with van der Waals surface area (Å²) in [6.45, 7) is 0. The van der Waals surface area contributed by atoms with Crippen LogP contribution in [0.2, 0.25) is 10.0 Å². The van der Waals surface area contributed by atoms with Crippen LogP contribution in [-0.2, 0) is 6.42 Å². The van der Waals surface area contributed by atoms with Crippen LogP contribution in [0.15, 0.2) is 36.4 Å². The zero-order valence-corrected chi connectivity index (χ0v) is 12.7. The molecule has 0 saturated carbocycles. The lowest BCUT2D eigenvalue weighted by atomic mass is 10.0. The second-order valence-corrected chi connectivity index (χ2v) is 5.92. The van der Waals surface area contributed by atoms with Crippen molar-refractivity contribution >= 4 is 39.1 Å². The fourth-order valence-electron chi connectivity index (χ4n) is 1.77. The van der Waals surface area contributed by atoms with E-state index < -0.39 is 11.6 Å². The normalized spacial score (nSPS) is 12.5. The van der Waals surface area contributed by atoms with Gasteiger partial charge in [-0.2, -0.15) is 0 Å². The zero-order chi connectivity index (χ0) is 14.0. The molecule has 5 heteroatoms. The molecule has 0 spiro atoms. The number of benzene rings is 2. The Morgan fingerprint density at radius 2 is 1.74 bits per heavy atom. The quantitative estimate of drug-likeness (QED) is 0.589. The van der Waals surface area contributed by atoms with Gasteiger partial charge >= 0.3 is 0 Å². The van der Waals surface area contributed by atoms with Crippen molar-refractivity contribution in [1.82, 2.24) is 0 Å². The largest absolute Gasteiger partial charge is 0.204 e. The van der Waals surface area contributed by atoms with Gasteiger partial charge in [-0.3, -0.25) is 0 Å². The lowest BCUT2D eigenvalue weighted by Gasteiger charge is -2.13. The van der Waals surface area contributed by atoms with E-state index in [1.54, 1.807) is 24.3 Å². The predicted octanol–water partition coefficient (Wildman–Crippen LogP) is 5.95. The first kappa shape index (κ1) is 14.8. The summed E-state index contributed by atoms with van der Waals surface area (Å²) in [6, 6.07) is 9.35. The van der Waals surface area contributed by atoms with Gasteiger partial charge in [-0.1, -0.05) is 63.4 Å². The van der Waals surface area contributed by atoms with Gasteiger partial charge in [0.1, 0.15) is 0 Å². The Balaban J connectivity index is 2.28. The molecule has 0 amide bonds. The van der Waals surface area contributed by atoms with Crippen LogP contribution in [0.3, 0.4) is 0 Å². The van der Waals surface area contributed by atoms with Crippen LogP contribution >= 0.6 is 39.1 Å². The minimum absolute atomic E-state index is 0.241. The van der Waals surface area contributed by atoms with Crippen molar-refractivity contribution in [3.63, 3.8) is 0 Å². The first-order valence-electron chi connectivity index (χ1n) is 5.51. The second-order valence-electron chi connectivity index (χ2n) is 4.03. The third kappa shape index (κ3) is 3.28. The highest BCUT2D eigenvalue weighted by atomic mass is 79.9. The highest BCUT2D eigenvalue weighted by molar-refractivity contribution is 9.09. The Morgan fingerprint density at radius 1 is 1.05 bits per heavy atom. The van der Waals surface area contributed by atoms with Gasteiger partial charge in [-0.25, -0.2) is 8.78 Å². The smallest absolute Gasteiger partial charge is 0.162 e. The maximum absolute atomic E-state index is 13.6. The van der Waals surface area contributed by atoms with E-state index in [-0.39, 0.29) is 16.8 Å². The molecule has 1 unspecified atom stereocenters. The standard InChI is InChI=1S/C14H9BrCl2F2/c15-10(9-4-2-5-11(16)13(9)17)7-8-3-1-6-12(18)14(8)19/h1-6,10H,7H2. The Bertz CT molecular complexity index is 602. The second kappa shape index (κ2) is 6.21. The molecule has 19 heavy (non-hydrogen) atoms. The van der Waals surface area contributed by atoms with Gasteiger partial charge < -0.3 is 0 Å². The molecule has 1 atom stereocenters. The monoisotopic (exact) mass is 364 g/mol. The Kier molecular flexibility index (Phi) is 4.82. The van der Waals surface area contributed by atoms with E-state index in [0.29, 0.717) is 10.0 Å². The Labute approximate surface area is 128 Å². The van der Waals surface area contributed by atoms with Crippen LogP contribution in [0.4, 0.5) is 8.78 Å². The fourth-order valence-corrected chi connectivity index (χ4v) is 3.07. The molecule has 0 heterocycles. The van der Waals surface area contributed by atoms with Gasteiger partial charge in [-0.05, 0) is 29.7 Å². The van der Waals surface area contributed by atoms with E-state index in [4.69, 9.17) is 23.2 Å². The van der Waals surface area contributed by atoms with E-state index in [0.717, 1.165) is 11.6 Å². The third-order valence-electron chi connectivity index (χ3n) is 2.75. The van der Waals surface area contributed by atoms with Crippen molar-refractivity contribution in [3.8, 4) is 0 Å². The molecule has 0 radical (unpaired) electrons. The lowest BCUT2D eigenvalue weighted by Crippen LogP contribution is -2.00. The van der Waals surface area contributed by atoms with Crippen molar-refractivity contribution in [1.29, 1.82) is 0 Å². The molecule has 0 saturated heterocycles. The summed E-state index contributed by atoms with van der Waals surface area (Å²) in [5.41, 5.74) is 1.04. The van der Waals surface area contributed by atoms with Gasteiger partial charge in [0.15, 0.2) is 11.6 Å². The molecule has 100 valence electrons. The van der Waals surface area contributed by atoms with E-state index in [1.807, 2.05) is 0 Å². The molecule has 0 aliphatic carbocycles. The van der Waals surface area contributed by atoms with Crippen molar-refractivity contribution < 1.29 is 8.78 Å². The van der Waals surface area contributed by atoms with Crippen molar-refractivity contribution in [3.05, 3.63) is 69.2 Å². The van der Waals surface area contributed by atoms with Crippen molar-refractivity contribution in [2.45, 2.75) is 11.2 Å². The number of rotatable bonds is 3. The van der Waals surface area contributed by atoms with Gasteiger partial charge in [0.05, 0.1) is 10.0 Å². The molecule has 2 aromatic rings. The molecule has 0 aromatic heterocycles. The summed E-state index contributed by atoms with van der Waals surface area (Å²) in [4.78, 5) is -0.241. The molecule has 0 aliphatic rings. The van der Waals surface area contributed by atoms with E-state index in [2.05, 4.69) is 15.9 Å². The zero-order valence-electron chi connectivity index (χ0n) is 9.64. The molecule has 2 aromatic carbocycles. The van der Waals surface area contributed by atoms with Gasteiger partial charge in [0.2, 0.25) is 0 Å². The Hall–Kier alpha value is -0.640. The molecular formula is C14H9BrCl2F2. The van der Waals surface area contributed by atoms with Crippen LogP contribution in [0.5, 0.6) is 0 Å². The molecule has 0 nitrogen and oxygen atoms in total. The lowest BCUT2D eigenvalue weighted by molar-refractivity contribution is 0.498. The summed E-state index contributed by atoms with van der Waals surface area (Å²) in [5, 5.41) is 0.853. The maximum Gasteiger partial charge on any atom is 0.162 e. The molecule has 0 fully saturated rings. The fraction of sp³-hybridized carbons (Fsp3) is 0.143. The first-order valence-corrected chi connectivity index (χ1v) is 7.18. The minimum Gasteiger partial charge on any atom is -0.204 e. The average molecular weight is 366 g/mol. The average Bonchev–Trinajstić information content (AvgIpc) is 2.38. The van der Waals surface area contributed by atoms with E-state index in [1.165, 1.54) is 6.07 Å². The van der Waals surface area contributed by atoms with E-state index in [9.17, 15) is 8.78 Å². The van der Waals surface area contributed by atoms with Crippen molar-refractivity contribution in [2.75, 3.05) is 0 Å². The third-order valence-corrected chi connectivity index (χ3v) is 4.40. The van der Waals surface area contributed by atoms with Gasteiger partial charge in [0.25, 0.3) is 0 Å². The molecular weight excluding hydrogens is 357 g/mol. The van der Waals surface area contributed by atoms with E-state index >= 15 is 0 Å². The summed E-state index contributed by atoms with van der Waals surface area (Å²) in [7, 11) is 0. The summed E-state index contributed by atoms with van der Waals surface area (Å²) in [5.74, 6) is -1.68.